The molecule has 5 rings (SSSR count). The van der Waals surface area contributed by atoms with Crippen molar-refractivity contribution >= 4 is 5.65 Å². The van der Waals surface area contributed by atoms with Gasteiger partial charge in [-0.3, -0.25) is 0 Å². The second kappa shape index (κ2) is 10.9. The third-order valence-electron chi connectivity index (χ3n) is 6.01. The normalized spacial score (nSPS) is 12.5. The number of fused-ring (bicyclic) bond motifs is 1. The first-order valence-corrected chi connectivity index (χ1v) is 12.2. The molecular weight excluding hydrogens is 486 g/mol. The van der Waals surface area contributed by atoms with E-state index in [1.807, 2.05) is 40.9 Å². The summed E-state index contributed by atoms with van der Waals surface area (Å²) in [5.41, 5.74) is 2.69. The Hall–Kier alpha value is -4.41. The quantitative estimate of drug-likeness (QED) is 0.237. The maximum Gasteiger partial charge on any atom is 0.262 e. The average Bonchev–Trinajstić information content (AvgIpc) is 3.59. The lowest BCUT2D eigenvalue weighted by molar-refractivity contribution is 0.0990. The predicted octanol–water partition coefficient (Wildman–Crippen LogP) is 4.23. The van der Waals surface area contributed by atoms with Gasteiger partial charge in [0.15, 0.2) is 17.1 Å². The van der Waals surface area contributed by atoms with E-state index in [1.165, 1.54) is 12.3 Å². The van der Waals surface area contributed by atoms with E-state index in [1.54, 1.807) is 30.6 Å². The van der Waals surface area contributed by atoms with Crippen molar-refractivity contribution in [2.45, 2.75) is 31.9 Å². The Morgan fingerprint density at radius 3 is 2.71 bits per heavy atom. The molecule has 0 radical (unpaired) electrons. The Bertz CT molecular complexity index is 1500. The van der Waals surface area contributed by atoms with Crippen molar-refractivity contribution in [1.82, 2.24) is 24.8 Å². The number of aromatic nitrogens is 4. The van der Waals surface area contributed by atoms with Crippen molar-refractivity contribution in [2.24, 2.45) is 0 Å². The van der Waals surface area contributed by atoms with Crippen molar-refractivity contribution in [2.75, 3.05) is 13.2 Å². The first kappa shape index (κ1) is 25.2. The molecule has 38 heavy (non-hydrogen) atoms. The first-order valence-electron chi connectivity index (χ1n) is 12.2. The summed E-state index contributed by atoms with van der Waals surface area (Å²) in [6.45, 7) is 4.58. The summed E-state index contributed by atoms with van der Waals surface area (Å²) < 4.78 is 18.6. The SMILES string of the molecule is CC(C)(Cc1cnc2c(Oc3ncccc3O)cccn12)NC[C@H](O)COc1ccccc1-c1ccon1. The lowest BCUT2D eigenvalue weighted by Gasteiger charge is -2.28. The van der Waals surface area contributed by atoms with E-state index < -0.39 is 6.10 Å². The van der Waals surface area contributed by atoms with Crippen molar-refractivity contribution in [3.8, 4) is 34.4 Å². The van der Waals surface area contributed by atoms with Gasteiger partial charge < -0.3 is 33.9 Å². The summed E-state index contributed by atoms with van der Waals surface area (Å²) in [4.78, 5) is 8.61. The minimum atomic E-state index is -0.729. The molecular formula is C28H29N5O5. The molecule has 0 bridgehead atoms. The van der Waals surface area contributed by atoms with Crippen LogP contribution in [0.1, 0.15) is 19.5 Å². The minimum absolute atomic E-state index is 0.0456. The Labute approximate surface area is 219 Å². The molecule has 1 aromatic carbocycles. The zero-order valence-corrected chi connectivity index (χ0v) is 21.1. The maximum absolute atomic E-state index is 10.6. The number of rotatable bonds is 11. The zero-order chi connectivity index (χ0) is 26.5. The molecule has 4 heterocycles. The predicted molar refractivity (Wildman–Crippen MR) is 140 cm³/mol. The fraction of sp³-hybridized carbons (Fsp3) is 0.250. The van der Waals surface area contributed by atoms with E-state index in [-0.39, 0.29) is 23.8 Å². The smallest absolute Gasteiger partial charge is 0.262 e. The number of para-hydroxylation sites is 1. The summed E-state index contributed by atoms with van der Waals surface area (Å²) in [6, 6.07) is 16.0. The molecule has 0 aliphatic rings. The van der Waals surface area contributed by atoms with Gasteiger partial charge >= 0.3 is 0 Å². The van der Waals surface area contributed by atoms with Crippen LogP contribution < -0.4 is 14.8 Å². The third-order valence-corrected chi connectivity index (χ3v) is 6.01. The molecule has 3 N–H and O–H groups in total. The molecule has 0 saturated carbocycles. The standard InChI is InChI=1S/C28H29N5O5/c1-28(2,31-17-20(34)18-36-24-9-4-3-7-21(24)22-11-14-37-32-22)15-19-16-30-26-25(10-6-13-33(19)26)38-27-23(35)8-5-12-29-27/h3-14,16,20,31,34-35H,15,17-18H2,1-2H3/t20-/m0/s1. The Morgan fingerprint density at radius 1 is 1.05 bits per heavy atom. The summed E-state index contributed by atoms with van der Waals surface area (Å²) >= 11 is 0. The van der Waals surface area contributed by atoms with Crippen molar-refractivity contribution in [3.63, 3.8) is 0 Å². The molecule has 0 fully saturated rings. The lowest BCUT2D eigenvalue weighted by Crippen LogP contribution is -2.46. The number of β-amino-alcohol motifs (C(OH)–C–C–N with tert-alkyl or cyclic N) is 1. The second-order valence-electron chi connectivity index (χ2n) is 9.53. The van der Waals surface area contributed by atoms with Crippen molar-refractivity contribution < 1.29 is 24.2 Å². The summed E-state index contributed by atoms with van der Waals surface area (Å²) in [5, 5.41) is 28.0. The number of pyridine rings is 2. The van der Waals surface area contributed by atoms with Gasteiger partial charge in [-0.05, 0) is 50.2 Å². The molecule has 0 amide bonds. The van der Waals surface area contributed by atoms with Crippen molar-refractivity contribution in [1.29, 1.82) is 0 Å². The fourth-order valence-electron chi connectivity index (χ4n) is 4.12. The summed E-state index contributed by atoms with van der Waals surface area (Å²) in [7, 11) is 0. The van der Waals surface area contributed by atoms with E-state index in [9.17, 15) is 10.2 Å². The van der Waals surface area contributed by atoms with Gasteiger partial charge in [0.05, 0.1) is 0 Å². The Balaban J connectivity index is 1.20. The Morgan fingerprint density at radius 2 is 1.89 bits per heavy atom. The van der Waals surface area contributed by atoms with Gasteiger partial charge in [-0.25, -0.2) is 9.97 Å². The van der Waals surface area contributed by atoms with E-state index in [0.717, 1.165) is 11.3 Å². The highest BCUT2D eigenvalue weighted by atomic mass is 16.5. The topological polar surface area (TPSA) is 127 Å². The van der Waals surface area contributed by atoms with Gasteiger partial charge in [0.1, 0.15) is 30.4 Å². The molecule has 0 spiro atoms. The number of aromatic hydroxyl groups is 1. The molecule has 4 aromatic heterocycles. The number of nitrogens with zero attached hydrogens (tertiary/aromatic N) is 4. The Kier molecular flexibility index (Phi) is 7.25. The average molecular weight is 516 g/mol. The van der Waals surface area contributed by atoms with Gasteiger partial charge in [0, 0.05) is 54.4 Å². The van der Waals surface area contributed by atoms with Crippen LogP contribution in [0.2, 0.25) is 0 Å². The molecule has 196 valence electrons. The number of ether oxygens (including phenoxy) is 2. The number of aliphatic hydroxyl groups excluding tert-OH is 1. The van der Waals surface area contributed by atoms with Crippen LogP contribution in [-0.2, 0) is 6.42 Å². The number of aliphatic hydroxyl groups is 1. The fourth-order valence-corrected chi connectivity index (χ4v) is 4.12. The molecule has 0 saturated heterocycles. The molecule has 0 aliphatic carbocycles. The van der Waals surface area contributed by atoms with E-state index in [0.29, 0.717) is 35.8 Å². The highest BCUT2D eigenvalue weighted by Crippen LogP contribution is 2.31. The largest absolute Gasteiger partial charge is 0.503 e. The van der Waals surface area contributed by atoms with Gasteiger partial charge in [-0.2, -0.15) is 0 Å². The first-order chi connectivity index (χ1) is 18.4. The lowest BCUT2D eigenvalue weighted by atomic mass is 9.98. The molecule has 0 unspecified atom stereocenters. The van der Waals surface area contributed by atoms with Crippen LogP contribution in [0.25, 0.3) is 16.9 Å². The van der Waals surface area contributed by atoms with E-state index in [2.05, 4.69) is 34.3 Å². The zero-order valence-electron chi connectivity index (χ0n) is 21.1. The van der Waals surface area contributed by atoms with Crippen LogP contribution in [-0.4, -0.2) is 54.5 Å². The monoisotopic (exact) mass is 515 g/mol. The maximum atomic E-state index is 10.6. The van der Waals surface area contributed by atoms with Crippen LogP contribution in [0.5, 0.6) is 23.1 Å². The van der Waals surface area contributed by atoms with Crippen LogP contribution in [0.15, 0.2) is 84.0 Å². The number of hydrogen-bond donors (Lipinski definition) is 3. The highest BCUT2D eigenvalue weighted by Gasteiger charge is 2.22. The summed E-state index contributed by atoms with van der Waals surface area (Å²) in [6.07, 6.45) is 6.67. The molecule has 10 heteroatoms. The van der Waals surface area contributed by atoms with Crippen LogP contribution in [0.4, 0.5) is 0 Å². The van der Waals surface area contributed by atoms with Crippen LogP contribution in [0, 0.1) is 0 Å². The molecule has 5 aromatic rings. The summed E-state index contributed by atoms with van der Waals surface area (Å²) in [5.74, 6) is 1.18. The van der Waals surface area contributed by atoms with Crippen molar-refractivity contribution in [3.05, 3.63) is 85.1 Å². The number of benzene rings is 1. The number of hydrogen-bond acceptors (Lipinski definition) is 9. The van der Waals surface area contributed by atoms with Gasteiger partial charge in [0.25, 0.3) is 5.88 Å². The molecule has 0 aliphatic heterocycles. The van der Waals surface area contributed by atoms with Crippen LogP contribution in [0.3, 0.4) is 0 Å². The van der Waals surface area contributed by atoms with Gasteiger partial charge in [-0.1, -0.05) is 17.3 Å². The third kappa shape index (κ3) is 5.77. The minimum Gasteiger partial charge on any atom is -0.503 e. The van der Waals surface area contributed by atoms with Gasteiger partial charge in [-0.15, -0.1) is 0 Å². The van der Waals surface area contributed by atoms with Crippen LogP contribution >= 0.6 is 0 Å². The molecule has 10 nitrogen and oxygen atoms in total. The van der Waals surface area contributed by atoms with E-state index in [4.69, 9.17) is 14.0 Å². The number of nitrogens with one attached hydrogen (secondary N) is 1. The highest BCUT2D eigenvalue weighted by molar-refractivity contribution is 5.66. The second-order valence-corrected chi connectivity index (χ2v) is 9.53. The number of imidazole rings is 1. The van der Waals surface area contributed by atoms with Gasteiger partial charge in [0.2, 0.25) is 0 Å². The molecule has 1 atom stereocenters. The van der Waals surface area contributed by atoms with E-state index >= 15 is 0 Å².